The van der Waals surface area contributed by atoms with Crippen LogP contribution >= 0.6 is 0 Å². The molecule has 0 spiro atoms. The number of aromatic amines is 1. The summed E-state index contributed by atoms with van der Waals surface area (Å²) in [6, 6.07) is 14.2. The van der Waals surface area contributed by atoms with Crippen molar-refractivity contribution in [3.63, 3.8) is 0 Å². The number of hydrogen-bond donors (Lipinski definition) is 2. The van der Waals surface area contributed by atoms with Crippen molar-refractivity contribution in [2.75, 3.05) is 5.32 Å². The molecule has 11 heteroatoms. The van der Waals surface area contributed by atoms with Crippen LogP contribution in [0, 0.1) is 21.4 Å². The summed E-state index contributed by atoms with van der Waals surface area (Å²) in [6.07, 6.45) is 2.60. The maximum Gasteiger partial charge on any atom is 0.270 e. The molecule has 36 heavy (non-hydrogen) atoms. The average molecular weight is 483 g/mol. The molecule has 0 unspecified atom stereocenters. The molecule has 2 N–H and O–H groups in total. The average Bonchev–Trinajstić information content (AvgIpc) is 3.24. The minimum absolute atomic E-state index is 0.152. The van der Waals surface area contributed by atoms with E-state index in [4.69, 9.17) is 0 Å². The molecule has 0 aliphatic rings. The van der Waals surface area contributed by atoms with Crippen LogP contribution in [0.2, 0.25) is 0 Å². The summed E-state index contributed by atoms with van der Waals surface area (Å²) < 4.78 is 1.67. The van der Waals surface area contributed by atoms with Gasteiger partial charge in [0.1, 0.15) is 22.7 Å². The lowest BCUT2D eigenvalue weighted by atomic mass is 10.1. The Balaban J connectivity index is 1.69. The summed E-state index contributed by atoms with van der Waals surface area (Å²) in [7, 11) is 0. The van der Waals surface area contributed by atoms with Crippen molar-refractivity contribution in [2.45, 2.75) is 26.3 Å². The van der Waals surface area contributed by atoms with Gasteiger partial charge in [0, 0.05) is 23.4 Å². The Hall–Kier alpha value is -5.11. The fourth-order valence-corrected chi connectivity index (χ4v) is 3.62. The quantitative estimate of drug-likeness (QED) is 0.188. The topological polar surface area (TPSA) is 160 Å². The van der Waals surface area contributed by atoms with Crippen LogP contribution in [0.4, 0.5) is 11.4 Å². The van der Waals surface area contributed by atoms with Gasteiger partial charge in [0.05, 0.1) is 16.8 Å². The molecule has 2 heterocycles. The number of aromatic nitrogens is 4. The van der Waals surface area contributed by atoms with E-state index in [1.807, 2.05) is 26.8 Å². The largest absolute Gasteiger partial charge is 0.321 e. The molecular formula is C25H21N7O4. The second-order valence-corrected chi connectivity index (χ2v) is 8.92. The first-order valence-electron chi connectivity index (χ1n) is 10.8. The normalized spacial score (nSPS) is 11.8. The number of non-ortho nitro benzene ring substituents is 1. The van der Waals surface area contributed by atoms with Gasteiger partial charge in [-0.05, 0) is 44.5 Å². The van der Waals surface area contributed by atoms with E-state index in [2.05, 4.69) is 20.4 Å². The molecule has 0 saturated carbocycles. The molecule has 4 rings (SSSR count). The molecule has 2 aromatic carbocycles. The molecule has 0 aliphatic carbocycles. The fraction of sp³-hybridized carbons (Fsp3) is 0.160. The second-order valence-electron chi connectivity index (χ2n) is 8.92. The predicted molar refractivity (Wildman–Crippen MR) is 134 cm³/mol. The van der Waals surface area contributed by atoms with Crippen molar-refractivity contribution in [2.24, 2.45) is 0 Å². The van der Waals surface area contributed by atoms with Crippen LogP contribution in [0.5, 0.6) is 0 Å². The van der Waals surface area contributed by atoms with Crippen LogP contribution in [0.15, 0.2) is 65.2 Å². The molecule has 4 aromatic rings. The summed E-state index contributed by atoms with van der Waals surface area (Å²) in [5, 5.41) is 28.1. The van der Waals surface area contributed by atoms with Gasteiger partial charge in [0.2, 0.25) is 0 Å². The smallest absolute Gasteiger partial charge is 0.270 e. The summed E-state index contributed by atoms with van der Waals surface area (Å²) in [6.45, 7) is 5.83. The van der Waals surface area contributed by atoms with Crippen molar-refractivity contribution >= 4 is 34.4 Å². The number of nitro benzene ring substituents is 1. The Labute approximate surface area is 204 Å². The minimum Gasteiger partial charge on any atom is -0.321 e. The lowest BCUT2D eigenvalue weighted by Crippen LogP contribution is -2.23. The zero-order chi connectivity index (χ0) is 26.0. The standard InChI is InChI=1S/C25H21N7O4/c1-25(2,3)31-22-20(24(34)28-14-27-22)21(30-31)16-7-5-8-18(12-16)29-23(33)17(13-26)10-15-6-4-9-19(11-15)32(35)36/h4-12,14H,1-3H3,(H,29,33)(H,27,28,34)/b17-10+. The molecule has 180 valence electrons. The molecule has 0 bridgehead atoms. The third-order valence-electron chi connectivity index (χ3n) is 5.26. The number of rotatable bonds is 5. The Morgan fingerprint density at radius 2 is 1.97 bits per heavy atom. The van der Waals surface area contributed by atoms with Gasteiger partial charge in [0.15, 0.2) is 5.65 Å². The zero-order valence-electron chi connectivity index (χ0n) is 19.6. The highest BCUT2D eigenvalue weighted by atomic mass is 16.6. The van der Waals surface area contributed by atoms with E-state index in [-0.39, 0.29) is 16.8 Å². The number of nitrogens with one attached hydrogen (secondary N) is 2. The van der Waals surface area contributed by atoms with Gasteiger partial charge in [-0.15, -0.1) is 0 Å². The Kier molecular flexibility index (Phi) is 6.18. The number of nitriles is 1. The van der Waals surface area contributed by atoms with Crippen molar-refractivity contribution in [3.8, 4) is 17.3 Å². The second kappa shape index (κ2) is 9.27. The van der Waals surface area contributed by atoms with E-state index >= 15 is 0 Å². The number of hydrogen-bond acceptors (Lipinski definition) is 7. The zero-order valence-corrected chi connectivity index (χ0v) is 19.6. The highest BCUT2D eigenvalue weighted by Crippen LogP contribution is 2.29. The first-order valence-corrected chi connectivity index (χ1v) is 10.8. The van der Waals surface area contributed by atoms with Crippen molar-refractivity contribution in [1.82, 2.24) is 19.7 Å². The van der Waals surface area contributed by atoms with Crippen LogP contribution in [-0.4, -0.2) is 30.6 Å². The van der Waals surface area contributed by atoms with Crippen molar-refractivity contribution in [3.05, 3.63) is 86.5 Å². The number of benzene rings is 2. The van der Waals surface area contributed by atoms with Crippen molar-refractivity contribution < 1.29 is 9.72 Å². The minimum atomic E-state index is -0.689. The van der Waals surface area contributed by atoms with Crippen LogP contribution in [0.25, 0.3) is 28.4 Å². The molecule has 0 saturated heterocycles. The number of anilines is 1. The van der Waals surface area contributed by atoms with E-state index in [0.29, 0.717) is 33.5 Å². The highest BCUT2D eigenvalue weighted by Gasteiger charge is 2.24. The van der Waals surface area contributed by atoms with Crippen LogP contribution in [-0.2, 0) is 10.3 Å². The van der Waals surface area contributed by atoms with E-state index in [1.165, 1.54) is 30.6 Å². The molecular weight excluding hydrogens is 462 g/mol. The van der Waals surface area contributed by atoms with Gasteiger partial charge in [-0.2, -0.15) is 10.4 Å². The van der Waals surface area contributed by atoms with Gasteiger partial charge >= 0.3 is 0 Å². The number of carbonyl (C=O) groups is 1. The number of H-pyrrole nitrogens is 1. The van der Waals surface area contributed by atoms with Crippen LogP contribution < -0.4 is 10.9 Å². The number of nitrogens with zero attached hydrogens (tertiary/aromatic N) is 5. The fourth-order valence-electron chi connectivity index (χ4n) is 3.62. The maximum atomic E-state index is 12.8. The number of fused-ring (bicyclic) bond motifs is 1. The number of amides is 1. The molecule has 0 atom stereocenters. The van der Waals surface area contributed by atoms with Gasteiger partial charge in [-0.1, -0.05) is 24.3 Å². The number of nitro groups is 1. The first kappa shape index (κ1) is 24.0. The Morgan fingerprint density at radius 3 is 2.67 bits per heavy atom. The SMILES string of the molecule is CC(C)(C)n1nc(-c2cccc(NC(=O)/C(C#N)=C/c3cccc([N+](=O)[O-])c3)c2)c2c(=O)[nH]cnc21. The molecule has 0 aliphatic heterocycles. The first-order chi connectivity index (χ1) is 17.1. The maximum absolute atomic E-state index is 12.8. The van der Waals surface area contributed by atoms with Gasteiger partial charge in [-0.3, -0.25) is 19.7 Å². The highest BCUT2D eigenvalue weighted by molar-refractivity contribution is 6.10. The van der Waals surface area contributed by atoms with E-state index < -0.39 is 16.4 Å². The molecule has 1 amide bonds. The molecule has 0 radical (unpaired) electrons. The van der Waals surface area contributed by atoms with Crippen LogP contribution in [0.1, 0.15) is 26.3 Å². The van der Waals surface area contributed by atoms with E-state index in [9.17, 15) is 25.0 Å². The van der Waals surface area contributed by atoms with Crippen molar-refractivity contribution in [1.29, 1.82) is 5.26 Å². The Bertz CT molecular complexity index is 1630. The van der Waals surface area contributed by atoms with Gasteiger partial charge in [-0.25, -0.2) is 9.67 Å². The third kappa shape index (κ3) is 4.74. The summed E-state index contributed by atoms with van der Waals surface area (Å²) in [5.41, 5.74) is 0.950. The Morgan fingerprint density at radius 1 is 1.22 bits per heavy atom. The predicted octanol–water partition coefficient (Wildman–Crippen LogP) is 4.00. The molecule has 0 fully saturated rings. The lowest BCUT2D eigenvalue weighted by Gasteiger charge is -2.19. The number of carbonyl (C=O) groups excluding carboxylic acids is 1. The van der Waals surface area contributed by atoms with Crippen LogP contribution in [0.3, 0.4) is 0 Å². The summed E-state index contributed by atoms with van der Waals surface area (Å²) in [5.74, 6) is -0.689. The summed E-state index contributed by atoms with van der Waals surface area (Å²) in [4.78, 5) is 42.8. The van der Waals surface area contributed by atoms with Gasteiger partial charge in [0.25, 0.3) is 17.2 Å². The van der Waals surface area contributed by atoms with E-state index in [1.54, 1.807) is 35.0 Å². The monoisotopic (exact) mass is 483 g/mol. The van der Waals surface area contributed by atoms with Gasteiger partial charge < -0.3 is 10.3 Å². The molecule has 11 nitrogen and oxygen atoms in total. The molecule has 2 aromatic heterocycles. The van der Waals surface area contributed by atoms with E-state index in [0.717, 1.165) is 0 Å². The third-order valence-corrected chi connectivity index (χ3v) is 5.26. The lowest BCUT2D eigenvalue weighted by molar-refractivity contribution is -0.384. The summed E-state index contributed by atoms with van der Waals surface area (Å²) >= 11 is 0.